The van der Waals surface area contributed by atoms with Crippen LogP contribution in [0.3, 0.4) is 0 Å². The number of carbonyl (C=O) groups excluding carboxylic acids is 3. The fraction of sp³-hybridized carbons (Fsp3) is 0.278. The van der Waals surface area contributed by atoms with Gasteiger partial charge in [-0.05, 0) is 65.0 Å². The number of amides is 2. The minimum absolute atomic E-state index is 0.0660. The molecule has 27 heavy (non-hydrogen) atoms. The molecule has 1 fully saturated rings. The van der Waals surface area contributed by atoms with Crippen LogP contribution in [0.15, 0.2) is 17.0 Å². The van der Waals surface area contributed by atoms with Crippen LogP contribution in [-0.4, -0.2) is 48.9 Å². The molecule has 1 aromatic carbocycles. The molecule has 0 atom stereocenters. The lowest BCUT2D eigenvalue weighted by Crippen LogP contribution is -2.28. The summed E-state index contributed by atoms with van der Waals surface area (Å²) in [5.74, 6) is 2.16. The summed E-state index contributed by atoms with van der Waals surface area (Å²) in [5.41, 5.74) is 0.644. The first-order chi connectivity index (χ1) is 12.9. The maximum Gasteiger partial charge on any atom is 0.344 e. The summed E-state index contributed by atoms with van der Waals surface area (Å²) < 4.78 is 16.3. The van der Waals surface area contributed by atoms with Crippen LogP contribution in [0.1, 0.15) is 12.5 Å². The Morgan fingerprint density at radius 3 is 2.78 bits per heavy atom. The van der Waals surface area contributed by atoms with Crippen molar-refractivity contribution in [2.75, 3.05) is 26.9 Å². The number of methoxy groups -OCH3 is 1. The molecule has 1 aromatic rings. The van der Waals surface area contributed by atoms with Gasteiger partial charge in [-0.25, -0.2) is 4.79 Å². The number of benzene rings is 1. The van der Waals surface area contributed by atoms with E-state index >= 15 is 0 Å². The molecule has 0 bridgehead atoms. The first kappa shape index (κ1) is 21.1. The highest BCUT2D eigenvalue weighted by molar-refractivity contribution is 14.1. The number of esters is 1. The molecule has 2 rings (SSSR count). The van der Waals surface area contributed by atoms with E-state index in [9.17, 15) is 14.4 Å². The lowest BCUT2D eigenvalue weighted by molar-refractivity contribution is -0.145. The third-order valence-corrected chi connectivity index (χ3v) is 5.02. The Morgan fingerprint density at radius 2 is 2.15 bits per heavy atom. The number of rotatable bonds is 7. The van der Waals surface area contributed by atoms with E-state index in [1.54, 1.807) is 25.1 Å². The number of ether oxygens (including phenoxy) is 3. The zero-order valence-corrected chi connectivity index (χ0v) is 17.6. The topological polar surface area (TPSA) is 82.1 Å². The number of halogens is 1. The highest BCUT2D eigenvalue weighted by Crippen LogP contribution is 2.37. The number of thioether (sulfide) groups is 1. The molecule has 1 aliphatic heterocycles. The van der Waals surface area contributed by atoms with Crippen LogP contribution >= 0.6 is 34.4 Å². The lowest BCUT2D eigenvalue weighted by atomic mass is 10.2. The van der Waals surface area contributed by atoms with E-state index in [1.807, 2.05) is 22.6 Å². The van der Waals surface area contributed by atoms with Crippen LogP contribution in [0.5, 0.6) is 11.5 Å². The smallest absolute Gasteiger partial charge is 0.344 e. The summed E-state index contributed by atoms with van der Waals surface area (Å²) >= 11 is 2.86. The monoisotopic (exact) mass is 501 g/mol. The van der Waals surface area contributed by atoms with Crippen molar-refractivity contribution in [3.8, 4) is 23.8 Å². The van der Waals surface area contributed by atoms with E-state index in [0.29, 0.717) is 20.6 Å². The van der Waals surface area contributed by atoms with Gasteiger partial charge >= 0.3 is 5.97 Å². The zero-order valence-electron chi connectivity index (χ0n) is 14.6. The predicted octanol–water partition coefficient (Wildman–Crippen LogP) is 2.91. The minimum Gasteiger partial charge on any atom is -0.493 e. The highest BCUT2D eigenvalue weighted by atomic mass is 127. The van der Waals surface area contributed by atoms with Crippen molar-refractivity contribution in [1.29, 1.82) is 0 Å². The van der Waals surface area contributed by atoms with Gasteiger partial charge in [-0.2, -0.15) is 0 Å². The molecule has 0 radical (unpaired) electrons. The molecule has 0 spiro atoms. The predicted molar refractivity (Wildman–Crippen MR) is 109 cm³/mol. The summed E-state index contributed by atoms with van der Waals surface area (Å²) in [5, 5.41) is -0.403. The quantitative estimate of drug-likeness (QED) is 0.246. The Labute approximate surface area is 174 Å². The van der Waals surface area contributed by atoms with Crippen LogP contribution < -0.4 is 9.47 Å². The Kier molecular flexibility index (Phi) is 7.55. The molecule has 0 aromatic heterocycles. The number of hydrogen-bond donors (Lipinski definition) is 0. The minimum atomic E-state index is -0.485. The highest BCUT2D eigenvalue weighted by Gasteiger charge is 2.34. The lowest BCUT2D eigenvalue weighted by Gasteiger charge is -2.13. The Balaban J connectivity index is 2.26. The molecule has 2 amide bonds. The van der Waals surface area contributed by atoms with E-state index < -0.39 is 17.1 Å². The molecule has 1 saturated heterocycles. The normalized spacial score (nSPS) is 15.0. The van der Waals surface area contributed by atoms with E-state index in [1.165, 1.54) is 7.11 Å². The number of hydrogen-bond acceptors (Lipinski definition) is 7. The second-order valence-electron chi connectivity index (χ2n) is 5.10. The summed E-state index contributed by atoms with van der Waals surface area (Å²) in [4.78, 5) is 36.9. The van der Waals surface area contributed by atoms with Gasteiger partial charge < -0.3 is 14.2 Å². The van der Waals surface area contributed by atoms with E-state index in [0.717, 1.165) is 16.7 Å². The molecule has 1 aliphatic rings. The molecular weight excluding hydrogens is 485 g/mol. The van der Waals surface area contributed by atoms with Gasteiger partial charge in [0, 0.05) is 0 Å². The Bertz CT molecular complexity index is 845. The average Bonchev–Trinajstić information content (AvgIpc) is 2.88. The number of terminal acetylenes is 1. The molecule has 0 saturated carbocycles. The zero-order chi connectivity index (χ0) is 20.0. The van der Waals surface area contributed by atoms with E-state index in [-0.39, 0.29) is 24.7 Å². The first-order valence-corrected chi connectivity index (χ1v) is 9.65. The van der Waals surface area contributed by atoms with Crippen LogP contribution in [0.4, 0.5) is 4.79 Å². The molecule has 0 unspecified atom stereocenters. The maximum atomic E-state index is 12.3. The van der Waals surface area contributed by atoms with Gasteiger partial charge in [-0.1, -0.05) is 5.92 Å². The first-order valence-electron chi connectivity index (χ1n) is 7.76. The van der Waals surface area contributed by atoms with E-state index in [2.05, 4.69) is 5.92 Å². The van der Waals surface area contributed by atoms with Gasteiger partial charge in [0.25, 0.3) is 11.1 Å². The summed E-state index contributed by atoms with van der Waals surface area (Å²) in [6.45, 7) is 1.67. The number of carbonyl (C=O) groups is 3. The summed E-state index contributed by atoms with van der Waals surface area (Å²) in [7, 11) is 1.47. The molecular formula is C18H16INO6S. The van der Waals surface area contributed by atoms with Gasteiger partial charge in [0.05, 0.1) is 28.7 Å². The van der Waals surface area contributed by atoms with Gasteiger partial charge in [0.1, 0.15) is 0 Å². The van der Waals surface area contributed by atoms with Crippen molar-refractivity contribution >= 4 is 57.5 Å². The van der Waals surface area contributed by atoms with Gasteiger partial charge in [0.2, 0.25) is 0 Å². The van der Waals surface area contributed by atoms with Gasteiger partial charge in [0.15, 0.2) is 18.1 Å². The van der Waals surface area contributed by atoms with Crippen LogP contribution in [0, 0.1) is 15.9 Å². The van der Waals surface area contributed by atoms with Crippen LogP contribution in [0.25, 0.3) is 6.08 Å². The molecule has 9 heteroatoms. The SMILES string of the molecule is C#CCN1C(=O)S/C(=C/c2cc(I)c(OCC(=O)OCC)c(OC)c2)C1=O. The Hall–Kier alpha value is -2.19. The molecule has 7 nitrogen and oxygen atoms in total. The van der Waals surface area contributed by atoms with Crippen molar-refractivity contribution in [2.45, 2.75) is 6.92 Å². The Morgan fingerprint density at radius 1 is 1.41 bits per heavy atom. The summed E-state index contributed by atoms with van der Waals surface area (Å²) in [6, 6.07) is 3.40. The fourth-order valence-electron chi connectivity index (χ4n) is 2.18. The third-order valence-electron chi connectivity index (χ3n) is 3.31. The summed E-state index contributed by atoms with van der Waals surface area (Å²) in [6.07, 6.45) is 6.77. The van der Waals surface area contributed by atoms with Crippen molar-refractivity contribution in [3.05, 3.63) is 26.2 Å². The van der Waals surface area contributed by atoms with Crippen molar-refractivity contribution < 1.29 is 28.6 Å². The molecule has 0 aliphatic carbocycles. The second kappa shape index (κ2) is 9.66. The standard InChI is InChI=1S/C18H16INO6S/c1-4-6-20-17(22)14(27-18(20)23)9-11-7-12(19)16(13(8-11)24-3)26-10-15(21)25-5-2/h1,7-9H,5-6,10H2,2-3H3/b14-9+. The second-order valence-corrected chi connectivity index (χ2v) is 7.26. The third kappa shape index (κ3) is 5.17. The average molecular weight is 501 g/mol. The maximum absolute atomic E-state index is 12.3. The van der Waals surface area contributed by atoms with Crippen molar-refractivity contribution in [1.82, 2.24) is 4.90 Å². The van der Waals surface area contributed by atoms with Crippen LogP contribution in [-0.2, 0) is 14.3 Å². The van der Waals surface area contributed by atoms with Gasteiger partial charge in [-0.15, -0.1) is 6.42 Å². The van der Waals surface area contributed by atoms with Crippen LogP contribution in [0.2, 0.25) is 0 Å². The molecule has 0 N–H and O–H groups in total. The van der Waals surface area contributed by atoms with E-state index in [4.69, 9.17) is 20.6 Å². The number of imide groups is 1. The molecule has 142 valence electrons. The number of nitrogens with zero attached hydrogens (tertiary/aromatic N) is 1. The fourth-order valence-corrected chi connectivity index (χ4v) is 3.80. The molecule has 1 heterocycles. The van der Waals surface area contributed by atoms with Gasteiger partial charge in [-0.3, -0.25) is 14.5 Å². The van der Waals surface area contributed by atoms with Crippen molar-refractivity contribution in [3.63, 3.8) is 0 Å². The van der Waals surface area contributed by atoms with Crippen molar-refractivity contribution in [2.24, 2.45) is 0 Å². The largest absolute Gasteiger partial charge is 0.493 e.